The van der Waals surface area contributed by atoms with Gasteiger partial charge in [0.15, 0.2) is 0 Å². The monoisotopic (exact) mass is 426 g/mol. The van der Waals surface area contributed by atoms with Crippen LogP contribution in [0.1, 0.15) is 18.1 Å². The van der Waals surface area contributed by atoms with Crippen LogP contribution in [-0.2, 0) is 16.1 Å². The highest BCUT2D eigenvalue weighted by atomic mass is 19.1. The van der Waals surface area contributed by atoms with Crippen molar-refractivity contribution in [1.82, 2.24) is 15.1 Å². The minimum atomic E-state index is -0.308. The lowest BCUT2D eigenvalue weighted by Crippen LogP contribution is -2.51. The first-order chi connectivity index (χ1) is 15.0. The Hall–Kier alpha value is -2.93. The average Bonchev–Trinajstić information content (AvgIpc) is 2.78. The zero-order valence-electron chi connectivity index (χ0n) is 18.3. The number of benzene rings is 2. The van der Waals surface area contributed by atoms with Gasteiger partial charge in [-0.2, -0.15) is 0 Å². The Morgan fingerprint density at radius 1 is 1.03 bits per heavy atom. The first-order valence-corrected chi connectivity index (χ1v) is 10.8. The smallest absolute Gasteiger partial charge is 0.239 e. The number of nitrogens with one attached hydrogen (secondary N) is 1. The molecule has 1 saturated heterocycles. The molecule has 6 nitrogen and oxygen atoms in total. The Kier molecular flexibility index (Phi) is 8.00. The van der Waals surface area contributed by atoms with E-state index in [9.17, 15) is 14.0 Å². The molecule has 0 unspecified atom stereocenters. The van der Waals surface area contributed by atoms with Gasteiger partial charge in [0.25, 0.3) is 0 Å². The number of aryl methyl sites for hydroxylation is 1. The number of carbonyl (C=O) groups is 2. The second-order valence-electron chi connectivity index (χ2n) is 7.86. The number of hydrogen-bond donors (Lipinski definition) is 1. The van der Waals surface area contributed by atoms with Crippen molar-refractivity contribution in [3.8, 4) is 0 Å². The summed E-state index contributed by atoms with van der Waals surface area (Å²) in [5.74, 6) is -0.565. The van der Waals surface area contributed by atoms with Gasteiger partial charge >= 0.3 is 0 Å². The molecule has 0 saturated carbocycles. The minimum Gasteiger partial charge on any atom is -0.369 e. The summed E-state index contributed by atoms with van der Waals surface area (Å²) in [5, 5.41) is 2.80. The van der Waals surface area contributed by atoms with Crippen molar-refractivity contribution in [3.63, 3.8) is 0 Å². The first-order valence-electron chi connectivity index (χ1n) is 10.8. The Labute approximate surface area is 183 Å². The fourth-order valence-corrected chi connectivity index (χ4v) is 3.76. The summed E-state index contributed by atoms with van der Waals surface area (Å²) in [6.07, 6.45) is 0. The van der Waals surface area contributed by atoms with Crippen molar-refractivity contribution in [3.05, 3.63) is 65.5 Å². The molecule has 0 aliphatic carbocycles. The van der Waals surface area contributed by atoms with Gasteiger partial charge in [-0.15, -0.1) is 0 Å². The first kappa shape index (κ1) is 22.7. The van der Waals surface area contributed by atoms with E-state index in [-0.39, 0.29) is 24.2 Å². The van der Waals surface area contributed by atoms with Gasteiger partial charge in [0.2, 0.25) is 11.8 Å². The highest BCUT2D eigenvalue weighted by molar-refractivity contribution is 5.85. The molecule has 1 fully saturated rings. The summed E-state index contributed by atoms with van der Waals surface area (Å²) in [4.78, 5) is 31.1. The molecule has 31 heavy (non-hydrogen) atoms. The Morgan fingerprint density at radius 3 is 2.35 bits per heavy atom. The van der Waals surface area contributed by atoms with E-state index in [0.29, 0.717) is 19.6 Å². The molecule has 1 aliphatic rings. The van der Waals surface area contributed by atoms with Crippen LogP contribution in [0, 0.1) is 12.7 Å². The van der Waals surface area contributed by atoms with E-state index < -0.39 is 0 Å². The highest BCUT2D eigenvalue weighted by Gasteiger charge is 2.23. The third-order valence-corrected chi connectivity index (χ3v) is 5.66. The molecule has 0 atom stereocenters. The molecule has 0 aromatic heterocycles. The van der Waals surface area contributed by atoms with Gasteiger partial charge in [0, 0.05) is 45.0 Å². The summed E-state index contributed by atoms with van der Waals surface area (Å²) in [5.41, 5.74) is 3.33. The Balaban J connectivity index is 1.43. The number of rotatable bonds is 8. The molecule has 1 aliphatic heterocycles. The fraction of sp³-hybridized carbons (Fsp3) is 0.417. The fourth-order valence-electron chi connectivity index (χ4n) is 3.76. The number of para-hydroxylation sites is 1. The van der Waals surface area contributed by atoms with Gasteiger partial charge < -0.3 is 15.1 Å². The number of nitrogens with zero attached hydrogens (tertiary/aromatic N) is 3. The van der Waals surface area contributed by atoms with E-state index in [4.69, 9.17) is 0 Å². The van der Waals surface area contributed by atoms with Crippen molar-refractivity contribution < 1.29 is 14.0 Å². The maximum absolute atomic E-state index is 13.0. The van der Waals surface area contributed by atoms with Gasteiger partial charge in [0.05, 0.1) is 13.1 Å². The summed E-state index contributed by atoms with van der Waals surface area (Å²) >= 11 is 0. The largest absolute Gasteiger partial charge is 0.369 e. The van der Waals surface area contributed by atoms with E-state index in [0.717, 1.165) is 31.7 Å². The van der Waals surface area contributed by atoms with Crippen LogP contribution >= 0.6 is 0 Å². The molecular formula is C24H31FN4O2. The van der Waals surface area contributed by atoms with Gasteiger partial charge in [-0.25, -0.2) is 4.39 Å². The lowest BCUT2D eigenvalue weighted by atomic mass is 10.1. The molecular weight excluding hydrogens is 395 g/mol. The van der Waals surface area contributed by atoms with Gasteiger partial charge in [0.1, 0.15) is 5.82 Å². The minimum absolute atomic E-state index is 0.0275. The topological polar surface area (TPSA) is 55.9 Å². The third kappa shape index (κ3) is 6.52. The van der Waals surface area contributed by atoms with Crippen LogP contribution in [0.3, 0.4) is 0 Å². The number of likely N-dealkylation sites (N-methyl/N-ethyl adjacent to an activating group) is 1. The van der Waals surface area contributed by atoms with E-state index in [2.05, 4.69) is 40.2 Å². The van der Waals surface area contributed by atoms with Crippen LogP contribution in [0.15, 0.2) is 48.5 Å². The SMILES string of the molecule is CCN(CC(=O)NCc1ccc(F)cc1)C(=O)CN1CCN(c2ccccc2C)CC1. The van der Waals surface area contributed by atoms with Crippen LogP contribution in [-0.4, -0.2) is 67.4 Å². The number of hydrogen-bond acceptors (Lipinski definition) is 4. The molecule has 166 valence electrons. The van der Waals surface area contributed by atoms with Crippen molar-refractivity contribution in [1.29, 1.82) is 0 Å². The van der Waals surface area contributed by atoms with E-state index in [1.807, 2.05) is 13.0 Å². The maximum atomic E-state index is 13.0. The van der Waals surface area contributed by atoms with Crippen LogP contribution in [0.5, 0.6) is 0 Å². The van der Waals surface area contributed by atoms with Crippen LogP contribution < -0.4 is 10.2 Å². The predicted octanol–water partition coefficient (Wildman–Crippen LogP) is 2.42. The standard InChI is InChI=1S/C24H31FN4O2/c1-3-28(17-23(30)26-16-20-8-10-21(25)11-9-20)24(31)18-27-12-14-29(15-13-27)22-7-5-4-6-19(22)2/h4-11H,3,12-18H2,1-2H3,(H,26,30). The molecule has 0 bridgehead atoms. The molecule has 2 amide bonds. The molecule has 3 rings (SSSR count). The lowest BCUT2D eigenvalue weighted by molar-refractivity contribution is -0.136. The summed E-state index contributed by atoms with van der Waals surface area (Å²) in [6.45, 7) is 8.51. The second kappa shape index (κ2) is 10.9. The lowest BCUT2D eigenvalue weighted by Gasteiger charge is -2.37. The number of piperazine rings is 1. The van der Waals surface area contributed by atoms with Crippen LogP contribution in [0.2, 0.25) is 0 Å². The predicted molar refractivity (Wildman–Crippen MR) is 120 cm³/mol. The molecule has 1 heterocycles. The van der Waals surface area contributed by atoms with E-state index in [1.165, 1.54) is 23.4 Å². The Bertz CT molecular complexity index is 879. The van der Waals surface area contributed by atoms with Crippen LogP contribution in [0.4, 0.5) is 10.1 Å². The molecule has 0 radical (unpaired) electrons. The highest BCUT2D eigenvalue weighted by Crippen LogP contribution is 2.20. The molecule has 1 N–H and O–H groups in total. The molecule has 2 aromatic carbocycles. The zero-order chi connectivity index (χ0) is 22.2. The van der Waals surface area contributed by atoms with Crippen molar-refractivity contribution in [2.75, 3.05) is 50.7 Å². The number of anilines is 1. The van der Waals surface area contributed by atoms with Crippen molar-refractivity contribution in [2.45, 2.75) is 20.4 Å². The summed E-state index contributed by atoms with van der Waals surface area (Å²) in [6, 6.07) is 14.3. The van der Waals surface area contributed by atoms with Crippen molar-refractivity contribution in [2.24, 2.45) is 0 Å². The van der Waals surface area contributed by atoms with Gasteiger partial charge in [-0.05, 0) is 43.2 Å². The summed E-state index contributed by atoms with van der Waals surface area (Å²) in [7, 11) is 0. The third-order valence-electron chi connectivity index (χ3n) is 5.66. The quantitative estimate of drug-likeness (QED) is 0.705. The number of halogens is 1. The van der Waals surface area contributed by atoms with Crippen LogP contribution in [0.25, 0.3) is 0 Å². The van der Waals surface area contributed by atoms with Gasteiger partial charge in [-0.3, -0.25) is 14.5 Å². The maximum Gasteiger partial charge on any atom is 0.239 e. The Morgan fingerprint density at radius 2 is 1.71 bits per heavy atom. The molecule has 7 heteroatoms. The second-order valence-corrected chi connectivity index (χ2v) is 7.86. The normalized spacial score (nSPS) is 14.4. The summed E-state index contributed by atoms with van der Waals surface area (Å²) < 4.78 is 13.0. The van der Waals surface area contributed by atoms with E-state index in [1.54, 1.807) is 17.0 Å². The van der Waals surface area contributed by atoms with E-state index >= 15 is 0 Å². The van der Waals surface area contributed by atoms with Gasteiger partial charge in [-0.1, -0.05) is 30.3 Å². The molecule has 0 spiro atoms. The zero-order valence-corrected chi connectivity index (χ0v) is 18.3. The number of amides is 2. The molecule has 2 aromatic rings. The average molecular weight is 427 g/mol. The van der Waals surface area contributed by atoms with Crippen molar-refractivity contribution >= 4 is 17.5 Å². The number of carbonyl (C=O) groups excluding carboxylic acids is 2.